The van der Waals surface area contributed by atoms with Crippen molar-refractivity contribution in [2.24, 2.45) is 0 Å². The third-order valence-corrected chi connectivity index (χ3v) is 19.3. The molecule has 272 valence electrons. The van der Waals surface area contributed by atoms with E-state index in [-0.39, 0.29) is 40.9 Å². The first-order valence-electron chi connectivity index (χ1n) is 17.1. The molecule has 13 heteroatoms. The molecule has 11 atom stereocenters. The zero-order chi connectivity index (χ0) is 35.7. The van der Waals surface area contributed by atoms with Gasteiger partial charge in [0.2, 0.25) is 0 Å². The van der Waals surface area contributed by atoms with E-state index in [1.807, 2.05) is 19.9 Å². The first kappa shape index (κ1) is 40.1. The molecular weight excluding hydrogens is 641 g/mol. The summed E-state index contributed by atoms with van der Waals surface area (Å²) in [5, 5.41) is -0.0254. The van der Waals surface area contributed by atoms with Gasteiger partial charge in [-0.15, -0.1) is 0 Å². The van der Waals surface area contributed by atoms with Crippen LogP contribution < -0.4 is 0 Å². The van der Waals surface area contributed by atoms with Crippen molar-refractivity contribution < 1.29 is 51.6 Å². The van der Waals surface area contributed by atoms with E-state index in [0.29, 0.717) is 6.42 Å². The molecule has 0 aromatic carbocycles. The van der Waals surface area contributed by atoms with Gasteiger partial charge in [-0.1, -0.05) is 41.5 Å². The first-order valence-corrected chi connectivity index (χ1v) is 22.9. The van der Waals surface area contributed by atoms with Crippen LogP contribution in [0, 0.1) is 0 Å². The van der Waals surface area contributed by atoms with E-state index in [0.717, 1.165) is 0 Å². The topological polar surface area (TPSA) is 117 Å². The Labute approximate surface area is 284 Å². The third kappa shape index (κ3) is 10.3. The van der Waals surface area contributed by atoms with Gasteiger partial charge in [-0.25, -0.2) is 0 Å². The van der Waals surface area contributed by atoms with Gasteiger partial charge in [0.15, 0.2) is 35.3 Å². The van der Waals surface area contributed by atoms with Crippen LogP contribution in [0.2, 0.25) is 36.3 Å². The summed E-state index contributed by atoms with van der Waals surface area (Å²) >= 11 is 0. The third-order valence-electron chi connectivity index (χ3n) is 10.3. The van der Waals surface area contributed by atoms with Gasteiger partial charge in [0.25, 0.3) is 0 Å². The van der Waals surface area contributed by atoms with Gasteiger partial charge in [0.05, 0.1) is 30.7 Å². The summed E-state index contributed by atoms with van der Waals surface area (Å²) in [7, 11) is -4.40. The lowest BCUT2D eigenvalue weighted by atomic mass is 9.99. The van der Waals surface area contributed by atoms with Crippen LogP contribution in [0.4, 0.5) is 0 Å². The summed E-state index contributed by atoms with van der Waals surface area (Å²) in [5.74, 6) is -0.949. The molecule has 2 saturated heterocycles. The van der Waals surface area contributed by atoms with Crippen molar-refractivity contribution in [3.8, 4) is 0 Å². The molecule has 0 aromatic heterocycles. The van der Waals surface area contributed by atoms with Crippen molar-refractivity contribution in [1.29, 1.82) is 0 Å². The van der Waals surface area contributed by atoms with Crippen LogP contribution in [0.25, 0.3) is 0 Å². The second-order valence-corrected chi connectivity index (χ2v) is 25.9. The summed E-state index contributed by atoms with van der Waals surface area (Å²) in [4.78, 5) is 23.8. The Hall–Kier alpha value is -1.33. The summed E-state index contributed by atoms with van der Waals surface area (Å²) < 4.78 is 56.9. The van der Waals surface area contributed by atoms with Gasteiger partial charge < -0.3 is 42.0 Å². The van der Waals surface area contributed by atoms with Crippen molar-refractivity contribution in [1.82, 2.24) is 0 Å². The van der Waals surface area contributed by atoms with E-state index in [1.165, 1.54) is 13.8 Å². The lowest BCUT2D eigenvalue weighted by Gasteiger charge is -2.49. The molecule has 0 amide bonds. The Morgan fingerprint density at radius 1 is 0.660 bits per heavy atom. The number of carbonyl (C=O) groups excluding carboxylic acids is 2. The minimum absolute atomic E-state index is 0.0286. The Kier molecular flexibility index (Phi) is 13.0. The molecule has 3 aliphatic rings. The molecule has 0 aromatic rings. The highest BCUT2D eigenvalue weighted by atomic mass is 28.4. The largest absolute Gasteiger partial charge is 0.496 e. The Morgan fingerprint density at radius 2 is 1.13 bits per heavy atom. The van der Waals surface area contributed by atoms with Crippen LogP contribution in [-0.2, 0) is 51.6 Å². The summed E-state index contributed by atoms with van der Waals surface area (Å²) in [6.45, 7) is 30.5. The zero-order valence-electron chi connectivity index (χ0n) is 31.4. The highest BCUT2D eigenvalue weighted by Gasteiger charge is 2.50. The second-order valence-electron chi connectivity index (χ2n) is 16.4. The molecule has 0 saturated carbocycles. The number of hydrogen-bond donors (Lipinski definition) is 0. The zero-order valence-corrected chi connectivity index (χ0v) is 33.4. The Balaban J connectivity index is 1.85. The summed E-state index contributed by atoms with van der Waals surface area (Å²) in [5.41, 5.74) is 0. The number of esters is 2. The molecule has 3 aliphatic heterocycles. The normalized spacial score (nSPS) is 35.6. The highest BCUT2D eigenvalue weighted by Crippen LogP contribution is 2.42. The quantitative estimate of drug-likeness (QED) is 0.181. The first-order chi connectivity index (χ1) is 21.4. The van der Waals surface area contributed by atoms with E-state index in [9.17, 15) is 9.59 Å². The van der Waals surface area contributed by atoms with Crippen molar-refractivity contribution in [2.75, 3.05) is 0 Å². The molecular formula is C34H62O11Si2. The maximum absolute atomic E-state index is 12.0. The number of ether oxygens (including phenoxy) is 7. The van der Waals surface area contributed by atoms with Crippen LogP contribution in [0.3, 0.4) is 0 Å². The summed E-state index contributed by atoms with van der Waals surface area (Å²) in [6.07, 6.45) is -1.37. The maximum atomic E-state index is 12.0. The average molecular weight is 703 g/mol. The molecule has 0 N–H and O–H groups in total. The fourth-order valence-electron chi connectivity index (χ4n) is 5.60. The molecule has 0 aliphatic carbocycles. The van der Waals surface area contributed by atoms with Crippen molar-refractivity contribution >= 4 is 28.6 Å². The van der Waals surface area contributed by atoms with E-state index in [4.69, 9.17) is 42.0 Å². The molecule has 0 spiro atoms. The minimum atomic E-state index is -2.28. The smallest absolute Gasteiger partial charge is 0.303 e. The maximum Gasteiger partial charge on any atom is 0.303 e. The SMILES string of the molecule is CC(=O)O[C@H]1[C@@H](OC(C)=O)C[C@H](O[C@H]2[C@@H](O[Si](C)(C)C(C)(C)C)C[C@H](O[C@H]3[C@@H](O[Si](C)(C)C(C)(C)C)C=CO[C@@H]3C)O[C@@H]2C)O[C@@H]1C. The number of carbonyl (C=O) groups is 2. The average Bonchev–Trinajstić information content (AvgIpc) is 2.88. The molecule has 0 radical (unpaired) electrons. The van der Waals surface area contributed by atoms with Crippen LogP contribution >= 0.6 is 0 Å². The fourth-order valence-corrected chi connectivity index (χ4v) is 8.18. The van der Waals surface area contributed by atoms with Gasteiger partial charge in [0.1, 0.15) is 24.4 Å². The van der Waals surface area contributed by atoms with E-state index >= 15 is 0 Å². The van der Waals surface area contributed by atoms with Crippen LogP contribution in [0.5, 0.6) is 0 Å². The monoisotopic (exact) mass is 702 g/mol. The second kappa shape index (κ2) is 15.3. The van der Waals surface area contributed by atoms with Gasteiger partial charge >= 0.3 is 11.9 Å². The molecule has 47 heavy (non-hydrogen) atoms. The van der Waals surface area contributed by atoms with Gasteiger partial charge in [-0.3, -0.25) is 9.59 Å². The highest BCUT2D eigenvalue weighted by molar-refractivity contribution is 6.74. The predicted molar refractivity (Wildman–Crippen MR) is 183 cm³/mol. The van der Waals surface area contributed by atoms with Crippen LogP contribution in [-0.4, -0.2) is 96.1 Å². The Morgan fingerprint density at radius 3 is 1.64 bits per heavy atom. The lowest BCUT2D eigenvalue weighted by molar-refractivity contribution is -0.320. The van der Waals surface area contributed by atoms with Crippen molar-refractivity contribution in [3.63, 3.8) is 0 Å². The minimum Gasteiger partial charge on any atom is -0.496 e. The van der Waals surface area contributed by atoms with Crippen LogP contribution in [0.1, 0.15) is 89.0 Å². The molecule has 2 fully saturated rings. The van der Waals surface area contributed by atoms with E-state index in [2.05, 4.69) is 67.7 Å². The van der Waals surface area contributed by atoms with E-state index < -0.39 is 71.7 Å². The molecule has 3 rings (SSSR count). The van der Waals surface area contributed by atoms with Crippen molar-refractivity contribution in [3.05, 3.63) is 12.3 Å². The molecule has 3 heterocycles. The fraction of sp³-hybridized carbons (Fsp3) is 0.882. The Bertz CT molecular complexity index is 1100. The number of rotatable bonds is 10. The lowest BCUT2D eigenvalue weighted by Crippen LogP contribution is -2.59. The van der Waals surface area contributed by atoms with Gasteiger partial charge in [0, 0.05) is 26.7 Å². The van der Waals surface area contributed by atoms with Crippen LogP contribution in [0.15, 0.2) is 12.3 Å². The van der Waals surface area contributed by atoms with Gasteiger partial charge in [-0.05, 0) is 63.1 Å². The summed E-state index contributed by atoms with van der Waals surface area (Å²) in [6, 6.07) is 0. The number of hydrogen-bond acceptors (Lipinski definition) is 11. The van der Waals surface area contributed by atoms with Gasteiger partial charge in [-0.2, -0.15) is 0 Å². The molecule has 11 nitrogen and oxygen atoms in total. The molecule has 0 unspecified atom stereocenters. The standard InChI is InChI=1S/C34H62O11Si2/c1-20-30(25(16-17-37-20)44-46(12,13)33(6,7)8)42-29-19-27(45-47(14,15)34(9,10)11)32(22(3)39-29)43-28-18-26(40-23(4)35)31(21(2)38-28)41-24(5)36/h16-17,20-22,25-32H,18-19H2,1-15H3/t20-,21-,22-,25+,26+,27+,28+,29+,30-,31-,32-/m1/s1. The predicted octanol–water partition coefficient (Wildman–Crippen LogP) is 6.60. The van der Waals surface area contributed by atoms with E-state index in [1.54, 1.807) is 13.2 Å². The van der Waals surface area contributed by atoms with Crippen molar-refractivity contribution in [2.45, 2.75) is 193 Å². The molecule has 0 bridgehead atoms.